The molecule has 5 nitrogen and oxygen atoms in total. The lowest BCUT2D eigenvalue weighted by atomic mass is 9.91. The van der Waals surface area contributed by atoms with E-state index in [1.807, 2.05) is 6.92 Å². The summed E-state index contributed by atoms with van der Waals surface area (Å²) in [4.78, 5) is 17.4. The zero-order valence-electron chi connectivity index (χ0n) is 10.2. The van der Waals surface area contributed by atoms with Crippen LogP contribution in [0, 0.1) is 12.8 Å². The molecular formula is C12H18N2O3. The predicted octanol–water partition coefficient (Wildman–Crippen LogP) is 1.67. The van der Waals surface area contributed by atoms with Crippen LogP contribution in [0.25, 0.3) is 0 Å². The fourth-order valence-corrected chi connectivity index (χ4v) is 2.35. The Bertz CT molecular complexity index is 402. The minimum Gasteiger partial charge on any atom is -0.481 e. The first-order valence-corrected chi connectivity index (χ1v) is 5.93. The Labute approximate surface area is 100 Å². The molecule has 1 aromatic rings. The van der Waals surface area contributed by atoms with Crippen molar-refractivity contribution >= 4 is 5.97 Å². The Morgan fingerprint density at radius 2 is 2.47 bits per heavy atom. The number of rotatable bonds is 3. The van der Waals surface area contributed by atoms with Crippen molar-refractivity contribution in [1.82, 2.24) is 9.88 Å². The number of hydrogen-bond acceptors (Lipinski definition) is 4. The van der Waals surface area contributed by atoms with Crippen LogP contribution in [0.1, 0.15) is 31.2 Å². The first kappa shape index (κ1) is 12.1. The highest BCUT2D eigenvalue weighted by atomic mass is 16.4. The van der Waals surface area contributed by atoms with Gasteiger partial charge >= 0.3 is 5.97 Å². The molecule has 0 aliphatic carbocycles. The van der Waals surface area contributed by atoms with E-state index in [0.29, 0.717) is 6.42 Å². The summed E-state index contributed by atoms with van der Waals surface area (Å²) in [5.74, 6) is -0.0219. The summed E-state index contributed by atoms with van der Waals surface area (Å²) in [5.41, 5.74) is 0.950. The highest BCUT2D eigenvalue weighted by Gasteiger charge is 2.30. The molecule has 94 valence electrons. The predicted molar refractivity (Wildman–Crippen MR) is 61.5 cm³/mol. The second-order valence-electron chi connectivity index (χ2n) is 4.73. The van der Waals surface area contributed by atoms with Crippen molar-refractivity contribution in [3.8, 4) is 0 Å². The number of oxazole rings is 1. The molecule has 2 rings (SSSR count). The number of aryl methyl sites for hydroxylation is 1. The monoisotopic (exact) mass is 238 g/mol. The van der Waals surface area contributed by atoms with Gasteiger partial charge < -0.3 is 9.52 Å². The van der Waals surface area contributed by atoms with E-state index in [9.17, 15) is 4.79 Å². The Morgan fingerprint density at radius 3 is 3.00 bits per heavy atom. The quantitative estimate of drug-likeness (QED) is 0.867. The summed E-state index contributed by atoms with van der Waals surface area (Å²) < 4.78 is 5.17. The van der Waals surface area contributed by atoms with Crippen molar-refractivity contribution in [2.45, 2.75) is 39.3 Å². The number of nitrogens with zero attached hydrogens (tertiary/aromatic N) is 2. The SMILES string of the molecule is Cc1ocnc1CN1CCC(C(=O)O)CC1C. The third-order valence-corrected chi connectivity index (χ3v) is 3.56. The van der Waals surface area contributed by atoms with E-state index in [4.69, 9.17) is 9.52 Å². The van der Waals surface area contributed by atoms with E-state index in [0.717, 1.165) is 31.0 Å². The lowest BCUT2D eigenvalue weighted by Gasteiger charge is -2.35. The topological polar surface area (TPSA) is 66.6 Å². The van der Waals surface area contributed by atoms with Crippen molar-refractivity contribution in [3.63, 3.8) is 0 Å². The van der Waals surface area contributed by atoms with Gasteiger partial charge in [0.1, 0.15) is 5.76 Å². The molecule has 0 bridgehead atoms. The molecule has 1 aliphatic rings. The minimum atomic E-state index is -0.672. The van der Waals surface area contributed by atoms with Gasteiger partial charge in [-0.05, 0) is 33.2 Å². The van der Waals surface area contributed by atoms with Crippen LogP contribution in [0.4, 0.5) is 0 Å². The Hall–Kier alpha value is -1.36. The van der Waals surface area contributed by atoms with Crippen molar-refractivity contribution in [2.24, 2.45) is 5.92 Å². The van der Waals surface area contributed by atoms with Gasteiger partial charge in [0.2, 0.25) is 0 Å². The summed E-state index contributed by atoms with van der Waals surface area (Å²) >= 11 is 0. The van der Waals surface area contributed by atoms with Crippen LogP contribution >= 0.6 is 0 Å². The molecule has 1 aromatic heterocycles. The maximum Gasteiger partial charge on any atom is 0.306 e. The molecule has 2 unspecified atom stereocenters. The fourth-order valence-electron chi connectivity index (χ4n) is 2.35. The molecule has 0 spiro atoms. The number of carboxylic acid groups (broad SMARTS) is 1. The average Bonchev–Trinajstić information content (AvgIpc) is 2.67. The second-order valence-corrected chi connectivity index (χ2v) is 4.73. The van der Waals surface area contributed by atoms with E-state index in [1.165, 1.54) is 6.39 Å². The Balaban J connectivity index is 1.96. The van der Waals surface area contributed by atoms with Gasteiger partial charge in [0.25, 0.3) is 0 Å². The molecule has 1 saturated heterocycles. The van der Waals surface area contributed by atoms with Crippen LogP contribution in [0.2, 0.25) is 0 Å². The molecule has 1 N–H and O–H groups in total. The summed E-state index contributed by atoms with van der Waals surface area (Å²) in [6, 6.07) is 0.279. The third-order valence-electron chi connectivity index (χ3n) is 3.56. The molecule has 0 saturated carbocycles. The molecule has 0 amide bonds. The molecule has 0 aromatic carbocycles. The number of piperidine rings is 1. The number of carboxylic acids is 1. The highest BCUT2D eigenvalue weighted by molar-refractivity contribution is 5.70. The van der Waals surface area contributed by atoms with E-state index in [2.05, 4.69) is 16.8 Å². The number of aliphatic carboxylic acids is 1. The largest absolute Gasteiger partial charge is 0.481 e. The zero-order chi connectivity index (χ0) is 12.4. The molecule has 0 radical (unpaired) electrons. The molecule has 17 heavy (non-hydrogen) atoms. The fraction of sp³-hybridized carbons (Fsp3) is 0.667. The average molecular weight is 238 g/mol. The summed E-state index contributed by atoms with van der Waals surface area (Å²) in [6.45, 7) is 5.53. The van der Waals surface area contributed by atoms with Gasteiger partial charge in [0.15, 0.2) is 6.39 Å². The van der Waals surface area contributed by atoms with Gasteiger partial charge in [0.05, 0.1) is 11.6 Å². The molecular weight excluding hydrogens is 220 g/mol. The van der Waals surface area contributed by atoms with Gasteiger partial charge in [-0.3, -0.25) is 9.69 Å². The Morgan fingerprint density at radius 1 is 1.71 bits per heavy atom. The second kappa shape index (κ2) is 4.87. The van der Waals surface area contributed by atoms with Crippen LogP contribution in [-0.4, -0.2) is 33.5 Å². The number of hydrogen-bond donors (Lipinski definition) is 1. The molecule has 1 fully saturated rings. The first-order valence-electron chi connectivity index (χ1n) is 5.93. The molecule has 2 atom stereocenters. The lowest BCUT2D eigenvalue weighted by Crippen LogP contribution is -2.42. The van der Waals surface area contributed by atoms with Crippen LogP contribution in [0.5, 0.6) is 0 Å². The normalized spacial score (nSPS) is 26.0. The van der Waals surface area contributed by atoms with Crippen LogP contribution in [0.3, 0.4) is 0 Å². The van der Waals surface area contributed by atoms with Gasteiger partial charge in [-0.15, -0.1) is 0 Å². The zero-order valence-corrected chi connectivity index (χ0v) is 10.2. The molecule has 2 heterocycles. The minimum absolute atomic E-state index is 0.195. The van der Waals surface area contributed by atoms with Gasteiger partial charge in [-0.25, -0.2) is 4.98 Å². The number of likely N-dealkylation sites (tertiary alicyclic amines) is 1. The lowest BCUT2D eigenvalue weighted by molar-refractivity contribution is -0.144. The third kappa shape index (κ3) is 2.66. The van der Waals surface area contributed by atoms with Crippen molar-refractivity contribution in [3.05, 3.63) is 17.8 Å². The summed E-state index contributed by atoms with van der Waals surface area (Å²) in [6.07, 6.45) is 2.89. The maximum absolute atomic E-state index is 10.9. The van der Waals surface area contributed by atoms with Crippen molar-refractivity contribution < 1.29 is 14.3 Å². The van der Waals surface area contributed by atoms with Crippen LogP contribution in [-0.2, 0) is 11.3 Å². The molecule has 1 aliphatic heterocycles. The van der Waals surface area contributed by atoms with E-state index in [-0.39, 0.29) is 12.0 Å². The van der Waals surface area contributed by atoms with Crippen molar-refractivity contribution in [1.29, 1.82) is 0 Å². The van der Waals surface area contributed by atoms with Gasteiger partial charge in [-0.2, -0.15) is 0 Å². The maximum atomic E-state index is 10.9. The standard InChI is InChI=1S/C12H18N2O3/c1-8-5-10(12(15)16)3-4-14(8)6-11-9(2)17-7-13-11/h7-8,10H,3-6H2,1-2H3,(H,15,16). The summed E-state index contributed by atoms with van der Waals surface area (Å²) in [5, 5.41) is 9.00. The first-order chi connectivity index (χ1) is 8.08. The Kier molecular flexibility index (Phi) is 3.47. The number of aromatic nitrogens is 1. The van der Waals surface area contributed by atoms with E-state index < -0.39 is 5.97 Å². The summed E-state index contributed by atoms with van der Waals surface area (Å²) in [7, 11) is 0. The van der Waals surface area contributed by atoms with E-state index >= 15 is 0 Å². The van der Waals surface area contributed by atoms with Gasteiger partial charge in [0, 0.05) is 12.6 Å². The van der Waals surface area contributed by atoms with Crippen LogP contribution in [0.15, 0.2) is 10.8 Å². The number of carbonyl (C=O) groups is 1. The van der Waals surface area contributed by atoms with Crippen molar-refractivity contribution in [2.75, 3.05) is 6.54 Å². The van der Waals surface area contributed by atoms with Crippen LogP contribution < -0.4 is 0 Å². The molecule has 5 heteroatoms. The smallest absolute Gasteiger partial charge is 0.306 e. The highest BCUT2D eigenvalue weighted by Crippen LogP contribution is 2.24. The van der Waals surface area contributed by atoms with E-state index in [1.54, 1.807) is 0 Å². The van der Waals surface area contributed by atoms with Gasteiger partial charge in [-0.1, -0.05) is 0 Å².